The van der Waals surface area contributed by atoms with Crippen LogP contribution in [0.25, 0.3) is 0 Å². The van der Waals surface area contributed by atoms with Crippen LogP contribution >= 0.6 is 0 Å². The molecule has 7 atom stereocenters. The number of benzene rings is 1. The standard InChI is InChI=1S/C33H48O3/c1-22(10-9-17-32(3,4)36)29-15-16-30-26(14-13-25-19-28(34)20-31(35)23(25)2)18-27(21-33(29,30)5)24-11-7-6-8-12-24/h6-8,11-14,22,27-31,34-36H,2,9-10,15-21H2,1,3-5H3/b25-13+,26-14+/t22-,27+,28-,29-,30+,31+,33-/m1/s1. The van der Waals surface area contributed by atoms with E-state index in [2.05, 4.69) is 62.9 Å². The van der Waals surface area contributed by atoms with Crippen LogP contribution < -0.4 is 0 Å². The Labute approximate surface area is 219 Å². The van der Waals surface area contributed by atoms with Crippen LogP contribution in [0.3, 0.4) is 0 Å². The minimum atomic E-state index is -0.646. The van der Waals surface area contributed by atoms with Crippen molar-refractivity contribution in [2.75, 3.05) is 0 Å². The summed E-state index contributed by atoms with van der Waals surface area (Å²) in [6, 6.07) is 11.0. The van der Waals surface area contributed by atoms with E-state index in [1.807, 2.05) is 13.8 Å². The summed E-state index contributed by atoms with van der Waals surface area (Å²) in [6.07, 6.45) is 12.2. The molecule has 3 heteroatoms. The smallest absolute Gasteiger partial charge is 0.0811 e. The molecule has 0 saturated heterocycles. The van der Waals surface area contributed by atoms with Gasteiger partial charge in [-0.2, -0.15) is 0 Å². The molecule has 3 saturated carbocycles. The Balaban J connectivity index is 1.61. The summed E-state index contributed by atoms with van der Waals surface area (Å²) in [5, 5.41) is 30.7. The third kappa shape index (κ3) is 6.06. The van der Waals surface area contributed by atoms with Gasteiger partial charge in [-0.25, -0.2) is 0 Å². The number of rotatable bonds is 7. The first-order valence-electron chi connectivity index (χ1n) is 14.2. The van der Waals surface area contributed by atoms with Gasteiger partial charge in [0, 0.05) is 6.42 Å². The van der Waals surface area contributed by atoms with Crippen LogP contribution in [0.4, 0.5) is 0 Å². The number of aliphatic hydroxyl groups excluding tert-OH is 2. The van der Waals surface area contributed by atoms with Crippen molar-refractivity contribution in [2.45, 2.75) is 109 Å². The molecule has 3 fully saturated rings. The minimum absolute atomic E-state index is 0.250. The van der Waals surface area contributed by atoms with Crippen LogP contribution in [-0.4, -0.2) is 33.1 Å². The highest BCUT2D eigenvalue weighted by Crippen LogP contribution is 2.62. The zero-order valence-electron chi connectivity index (χ0n) is 22.9. The van der Waals surface area contributed by atoms with Gasteiger partial charge in [-0.1, -0.05) is 81.3 Å². The van der Waals surface area contributed by atoms with Gasteiger partial charge in [0.25, 0.3) is 0 Å². The van der Waals surface area contributed by atoms with Crippen molar-refractivity contribution in [1.29, 1.82) is 0 Å². The van der Waals surface area contributed by atoms with E-state index in [1.54, 1.807) is 0 Å². The van der Waals surface area contributed by atoms with Crippen LogP contribution in [0.2, 0.25) is 0 Å². The zero-order valence-corrected chi connectivity index (χ0v) is 22.9. The average Bonchev–Trinajstić information content (AvgIpc) is 3.17. The average molecular weight is 493 g/mol. The Morgan fingerprint density at radius 2 is 1.83 bits per heavy atom. The van der Waals surface area contributed by atoms with E-state index in [0.717, 1.165) is 30.4 Å². The lowest BCUT2D eigenvalue weighted by molar-refractivity contribution is 0.0578. The summed E-state index contributed by atoms with van der Waals surface area (Å²) in [4.78, 5) is 0. The van der Waals surface area contributed by atoms with Gasteiger partial charge in [0.15, 0.2) is 0 Å². The molecule has 4 rings (SSSR count). The topological polar surface area (TPSA) is 60.7 Å². The third-order valence-corrected chi connectivity index (χ3v) is 9.70. The maximum absolute atomic E-state index is 10.3. The molecular weight excluding hydrogens is 444 g/mol. The molecule has 1 aromatic carbocycles. The van der Waals surface area contributed by atoms with E-state index in [4.69, 9.17) is 0 Å². The van der Waals surface area contributed by atoms with Gasteiger partial charge < -0.3 is 15.3 Å². The molecule has 3 nitrogen and oxygen atoms in total. The molecule has 0 amide bonds. The van der Waals surface area contributed by atoms with Gasteiger partial charge in [-0.3, -0.25) is 0 Å². The van der Waals surface area contributed by atoms with Crippen molar-refractivity contribution in [1.82, 2.24) is 0 Å². The Bertz CT molecular complexity index is 968. The van der Waals surface area contributed by atoms with Crippen LogP contribution in [0.1, 0.15) is 97.0 Å². The quantitative estimate of drug-likeness (QED) is 0.380. The highest BCUT2D eigenvalue weighted by Gasteiger charge is 2.52. The zero-order chi connectivity index (χ0) is 26.1. The fourth-order valence-electron chi connectivity index (χ4n) is 7.80. The first kappa shape index (κ1) is 27.4. The second-order valence-electron chi connectivity index (χ2n) is 13.0. The largest absolute Gasteiger partial charge is 0.393 e. The molecule has 0 radical (unpaired) electrons. The van der Waals surface area contributed by atoms with E-state index < -0.39 is 17.8 Å². The molecule has 0 aliphatic heterocycles. The van der Waals surface area contributed by atoms with Gasteiger partial charge in [-0.15, -0.1) is 0 Å². The summed E-state index contributed by atoms with van der Waals surface area (Å²) in [7, 11) is 0. The highest BCUT2D eigenvalue weighted by atomic mass is 16.3. The van der Waals surface area contributed by atoms with E-state index in [1.165, 1.54) is 36.8 Å². The number of hydrogen-bond donors (Lipinski definition) is 3. The molecule has 198 valence electrons. The van der Waals surface area contributed by atoms with Crippen LogP contribution in [0.15, 0.2) is 65.8 Å². The normalized spacial score (nSPS) is 36.3. The molecule has 36 heavy (non-hydrogen) atoms. The van der Waals surface area contributed by atoms with Gasteiger partial charge in [0.2, 0.25) is 0 Å². The van der Waals surface area contributed by atoms with Crippen molar-refractivity contribution in [3.05, 3.63) is 71.3 Å². The van der Waals surface area contributed by atoms with Crippen molar-refractivity contribution in [2.24, 2.45) is 23.2 Å². The summed E-state index contributed by atoms with van der Waals surface area (Å²) in [5.74, 6) is 2.40. The van der Waals surface area contributed by atoms with E-state index in [9.17, 15) is 15.3 Å². The lowest BCUT2D eigenvalue weighted by Gasteiger charge is -2.47. The van der Waals surface area contributed by atoms with Crippen molar-refractivity contribution < 1.29 is 15.3 Å². The first-order valence-corrected chi connectivity index (χ1v) is 14.2. The molecule has 0 spiro atoms. The minimum Gasteiger partial charge on any atom is -0.393 e. The molecule has 3 aliphatic carbocycles. The summed E-state index contributed by atoms with van der Waals surface area (Å²) in [6.45, 7) is 12.9. The Kier molecular flexibility index (Phi) is 8.34. The lowest BCUT2D eigenvalue weighted by atomic mass is 9.57. The third-order valence-electron chi connectivity index (χ3n) is 9.70. The van der Waals surface area contributed by atoms with Gasteiger partial charge in [-0.05, 0) is 98.2 Å². The highest BCUT2D eigenvalue weighted by molar-refractivity contribution is 5.39. The fraction of sp³-hybridized carbons (Fsp3) is 0.636. The van der Waals surface area contributed by atoms with Crippen molar-refractivity contribution >= 4 is 0 Å². The molecule has 0 unspecified atom stereocenters. The molecule has 0 heterocycles. The molecule has 0 aromatic heterocycles. The monoisotopic (exact) mass is 492 g/mol. The Morgan fingerprint density at radius 3 is 2.53 bits per heavy atom. The van der Waals surface area contributed by atoms with E-state index in [-0.39, 0.29) is 5.41 Å². The van der Waals surface area contributed by atoms with Gasteiger partial charge in [0.05, 0.1) is 17.8 Å². The second-order valence-corrected chi connectivity index (χ2v) is 13.0. The summed E-state index contributed by atoms with van der Waals surface area (Å²) >= 11 is 0. The molecule has 1 aromatic rings. The predicted octanol–water partition coefficient (Wildman–Crippen LogP) is 7.10. The number of allylic oxidation sites excluding steroid dienone is 3. The number of fused-ring (bicyclic) bond motifs is 1. The maximum Gasteiger partial charge on any atom is 0.0811 e. The molecule has 0 bridgehead atoms. The van der Waals surface area contributed by atoms with E-state index in [0.29, 0.717) is 36.5 Å². The summed E-state index contributed by atoms with van der Waals surface area (Å²) < 4.78 is 0. The number of hydrogen-bond acceptors (Lipinski definition) is 3. The SMILES string of the molecule is C=C1/C(=C/C=C2\C[C@H](c3ccccc3)C[C@]3(C)[C@@H]([C@H](C)CCCC(C)(C)O)CC[C@@H]23)C[C@@H](O)C[C@@H]1O. The maximum atomic E-state index is 10.3. The van der Waals surface area contributed by atoms with Crippen LogP contribution in [0, 0.1) is 23.2 Å². The second kappa shape index (κ2) is 11.0. The van der Waals surface area contributed by atoms with Crippen LogP contribution in [-0.2, 0) is 0 Å². The first-order chi connectivity index (χ1) is 17.0. The summed E-state index contributed by atoms with van der Waals surface area (Å²) in [5.41, 5.74) is 4.38. The van der Waals surface area contributed by atoms with E-state index >= 15 is 0 Å². The van der Waals surface area contributed by atoms with Gasteiger partial charge >= 0.3 is 0 Å². The number of aliphatic hydroxyl groups is 3. The molecule has 3 N–H and O–H groups in total. The Morgan fingerprint density at radius 1 is 1.11 bits per heavy atom. The molecular formula is C33H48O3. The molecule has 3 aliphatic rings. The predicted molar refractivity (Wildman–Crippen MR) is 149 cm³/mol. The van der Waals surface area contributed by atoms with Crippen molar-refractivity contribution in [3.8, 4) is 0 Å². The lowest BCUT2D eigenvalue weighted by Crippen LogP contribution is -2.38. The van der Waals surface area contributed by atoms with Gasteiger partial charge in [0.1, 0.15) is 0 Å². The fourth-order valence-corrected chi connectivity index (χ4v) is 7.80. The van der Waals surface area contributed by atoms with Crippen LogP contribution in [0.5, 0.6) is 0 Å². The Hall–Kier alpha value is -1.68. The van der Waals surface area contributed by atoms with Crippen molar-refractivity contribution in [3.63, 3.8) is 0 Å².